The monoisotopic (exact) mass is 310 g/mol. The minimum atomic E-state index is -0.416. The lowest BCUT2D eigenvalue weighted by Crippen LogP contribution is -2.13. The maximum atomic E-state index is 12.3. The smallest absolute Gasteiger partial charge is 0.342 e. The van der Waals surface area contributed by atoms with Crippen LogP contribution in [0.5, 0.6) is 17.2 Å². The summed E-state index contributed by atoms with van der Waals surface area (Å²) in [7, 11) is 0. The number of hydrogen-bond donors (Lipinski definition) is 0. The van der Waals surface area contributed by atoms with Crippen LogP contribution in [0.3, 0.4) is 0 Å². The van der Waals surface area contributed by atoms with Crippen LogP contribution >= 0.6 is 0 Å². The normalized spacial score (nSPS) is 10.5. The molecule has 0 aromatic heterocycles. The Morgan fingerprint density at radius 3 is 2.09 bits per heavy atom. The minimum absolute atomic E-state index is 0.272. The molecule has 0 amide bonds. The molecule has 0 unspecified atom stereocenters. The zero-order valence-electron chi connectivity index (χ0n) is 14.1. The van der Waals surface area contributed by atoms with Crippen molar-refractivity contribution in [3.05, 3.63) is 17.7 Å². The van der Waals surface area contributed by atoms with Gasteiger partial charge in [0.2, 0.25) is 5.75 Å². The van der Waals surface area contributed by atoms with Crippen molar-refractivity contribution >= 4 is 5.97 Å². The van der Waals surface area contributed by atoms with Crippen LogP contribution in [0.2, 0.25) is 0 Å². The third-order valence-corrected chi connectivity index (χ3v) is 2.72. The second-order valence-electron chi connectivity index (χ2n) is 5.06. The molecule has 1 aromatic rings. The van der Waals surface area contributed by atoms with Crippen LogP contribution in [0.4, 0.5) is 0 Å². The molecule has 0 fully saturated rings. The average Bonchev–Trinajstić information content (AvgIpc) is 2.48. The lowest BCUT2D eigenvalue weighted by molar-refractivity contribution is 0.0453. The maximum Gasteiger partial charge on any atom is 0.342 e. The largest absolute Gasteiger partial charge is 0.490 e. The SMILES string of the molecule is CCOc1ccc(C(=O)OCC(C)C)c(OCC)c1OCC. The van der Waals surface area contributed by atoms with E-state index in [1.54, 1.807) is 12.1 Å². The number of esters is 1. The van der Waals surface area contributed by atoms with Crippen molar-refractivity contribution in [2.24, 2.45) is 5.92 Å². The molecule has 0 saturated heterocycles. The summed E-state index contributed by atoms with van der Waals surface area (Å²) in [5.41, 5.74) is 0.356. The third-order valence-electron chi connectivity index (χ3n) is 2.72. The van der Waals surface area contributed by atoms with Crippen molar-refractivity contribution in [1.29, 1.82) is 0 Å². The zero-order valence-corrected chi connectivity index (χ0v) is 14.1. The van der Waals surface area contributed by atoms with Gasteiger partial charge in [0, 0.05) is 0 Å². The molecule has 0 N–H and O–H groups in total. The second kappa shape index (κ2) is 9.18. The molecule has 5 nitrogen and oxygen atoms in total. The molecule has 0 spiro atoms. The summed E-state index contributed by atoms with van der Waals surface area (Å²) in [6, 6.07) is 3.37. The van der Waals surface area contributed by atoms with E-state index in [1.807, 2.05) is 34.6 Å². The summed E-state index contributed by atoms with van der Waals surface area (Å²) in [6.07, 6.45) is 0. The predicted molar refractivity (Wildman–Crippen MR) is 85.1 cm³/mol. The van der Waals surface area contributed by atoms with Crippen LogP contribution in [-0.4, -0.2) is 32.4 Å². The summed E-state index contributed by atoms with van der Waals surface area (Å²) >= 11 is 0. The summed E-state index contributed by atoms with van der Waals surface area (Å²) in [4.78, 5) is 12.3. The number of carbonyl (C=O) groups excluding carboxylic acids is 1. The fourth-order valence-electron chi connectivity index (χ4n) is 1.86. The van der Waals surface area contributed by atoms with E-state index >= 15 is 0 Å². The Bertz CT molecular complexity index is 482. The van der Waals surface area contributed by atoms with Gasteiger partial charge in [-0.1, -0.05) is 13.8 Å². The molecule has 0 aliphatic rings. The van der Waals surface area contributed by atoms with E-state index in [4.69, 9.17) is 18.9 Å². The van der Waals surface area contributed by atoms with Gasteiger partial charge in [0.1, 0.15) is 5.56 Å². The fraction of sp³-hybridized carbons (Fsp3) is 0.588. The molecule has 0 aliphatic heterocycles. The van der Waals surface area contributed by atoms with Gasteiger partial charge in [-0.2, -0.15) is 0 Å². The van der Waals surface area contributed by atoms with Crippen LogP contribution in [0.15, 0.2) is 12.1 Å². The first-order chi connectivity index (χ1) is 10.5. The average molecular weight is 310 g/mol. The lowest BCUT2D eigenvalue weighted by atomic mass is 10.1. The first kappa shape index (κ1) is 18.1. The van der Waals surface area contributed by atoms with E-state index in [9.17, 15) is 4.79 Å². The van der Waals surface area contributed by atoms with Crippen LogP contribution in [0, 0.1) is 5.92 Å². The van der Waals surface area contributed by atoms with Gasteiger partial charge in [-0.25, -0.2) is 4.79 Å². The Balaban J connectivity index is 3.20. The van der Waals surface area contributed by atoms with Gasteiger partial charge < -0.3 is 18.9 Å². The third kappa shape index (κ3) is 4.83. The molecule has 1 aromatic carbocycles. The molecule has 0 heterocycles. The van der Waals surface area contributed by atoms with Crippen LogP contribution in [-0.2, 0) is 4.74 Å². The molecule has 0 aliphatic carbocycles. The highest BCUT2D eigenvalue weighted by Gasteiger charge is 2.23. The van der Waals surface area contributed by atoms with E-state index in [-0.39, 0.29) is 5.92 Å². The quantitative estimate of drug-likeness (QED) is 0.651. The van der Waals surface area contributed by atoms with Gasteiger partial charge in [0.25, 0.3) is 0 Å². The Morgan fingerprint density at radius 1 is 0.955 bits per heavy atom. The zero-order chi connectivity index (χ0) is 16.5. The first-order valence-corrected chi connectivity index (χ1v) is 7.77. The first-order valence-electron chi connectivity index (χ1n) is 7.77. The van der Waals surface area contributed by atoms with Gasteiger partial charge in [0.05, 0.1) is 26.4 Å². The molecule has 0 bridgehead atoms. The molecule has 124 valence electrons. The summed E-state index contributed by atoms with van der Waals surface area (Å²) < 4.78 is 22.1. The van der Waals surface area contributed by atoms with Crippen molar-refractivity contribution in [3.8, 4) is 17.2 Å². The molecule has 22 heavy (non-hydrogen) atoms. The van der Waals surface area contributed by atoms with E-state index in [0.29, 0.717) is 49.2 Å². The summed E-state index contributed by atoms with van der Waals surface area (Å²) in [6.45, 7) is 11.3. The molecule has 0 atom stereocenters. The number of ether oxygens (including phenoxy) is 4. The maximum absolute atomic E-state index is 12.3. The Morgan fingerprint density at radius 2 is 1.55 bits per heavy atom. The van der Waals surface area contributed by atoms with Gasteiger partial charge in [-0.3, -0.25) is 0 Å². The highest BCUT2D eigenvalue weighted by atomic mass is 16.5. The fourth-order valence-corrected chi connectivity index (χ4v) is 1.86. The van der Waals surface area contributed by atoms with E-state index in [2.05, 4.69) is 0 Å². The molecule has 5 heteroatoms. The Hall–Kier alpha value is -1.91. The van der Waals surface area contributed by atoms with E-state index < -0.39 is 5.97 Å². The van der Waals surface area contributed by atoms with Crippen LogP contribution < -0.4 is 14.2 Å². The van der Waals surface area contributed by atoms with Gasteiger partial charge in [-0.05, 0) is 38.8 Å². The standard InChI is InChI=1S/C17H26O5/c1-6-19-14-10-9-13(17(18)22-11-12(4)5)15(20-7-2)16(14)21-8-3/h9-10,12H,6-8,11H2,1-5H3. The van der Waals surface area contributed by atoms with Gasteiger partial charge in [0.15, 0.2) is 11.5 Å². The summed E-state index contributed by atoms with van der Waals surface area (Å²) in [5.74, 6) is 1.25. The van der Waals surface area contributed by atoms with Crippen molar-refractivity contribution < 1.29 is 23.7 Å². The molecule has 0 saturated carbocycles. The Kier molecular flexibility index (Phi) is 7.57. The lowest BCUT2D eigenvalue weighted by Gasteiger charge is -2.18. The molecular weight excluding hydrogens is 284 g/mol. The highest BCUT2D eigenvalue weighted by Crippen LogP contribution is 2.40. The van der Waals surface area contributed by atoms with E-state index in [1.165, 1.54) is 0 Å². The van der Waals surface area contributed by atoms with E-state index in [0.717, 1.165) is 0 Å². The van der Waals surface area contributed by atoms with Crippen LogP contribution in [0.25, 0.3) is 0 Å². The van der Waals surface area contributed by atoms with Crippen molar-refractivity contribution in [1.82, 2.24) is 0 Å². The Labute approximate surface area is 132 Å². The molecule has 0 radical (unpaired) electrons. The van der Waals surface area contributed by atoms with Crippen molar-refractivity contribution in [3.63, 3.8) is 0 Å². The van der Waals surface area contributed by atoms with Crippen molar-refractivity contribution in [2.75, 3.05) is 26.4 Å². The molecule has 1 rings (SSSR count). The van der Waals surface area contributed by atoms with Gasteiger partial charge >= 0.3 is 5.97 Å². The minimum Gasteiger partial charge on any atom is -0.490 e. The highest BCUT2D eigenvalue weighted by molar-refractivity contribution is 5.94. The number of hydrogen-bond acceptors (Lipinski definition) is 5. The number of benzene rings is 1. The second-order valence-corrected chi connectivity index (χ2v) is 5.06. The molecular formula is C17H26O5. The summed E-state index contributed by atoms with van der Waals surface area (Å²) in [5, 5.41) is 0. The predicted octanol–water partition coefficient (Wildman–Crippen LogP) is 3.70. The van der Waals surface area contributed by atoms with Crippen molar-refractivity contribution in [2.45, 2.75) is 34.6 Å². The number of rotatable bonds is 9. The number of carbonyl (C=O) groups is 1. The van der Waals surface area contributed by atoms with Gasteiger partial charge in [-0.15, -0.1) is 0 Å². The van der Waals surface area contributed by atoms with Crippen LogP contribution in [0.1, 0.15) is 45.0 Å². The topological polar surface area (TPSA) is 54.0 Å².